The lowest BCUT2D eigenvalue weighted by atomic mass is 10.1. The van der Waals surface area contributed by atoms with E-state index in [1.165, 1.54) is 4.90 Å². The summed E-state index contributed by atoms with van der Waals surface area (Å²) in [5, 5.41) is 8.65. The molecule has 0 saturated carbocycles. The van der Waals surface area contributed by atoms with Crippen molar-refractivity contribution < 1.29 is 24.1 Å². The lowest BCUT2D eigenvalue weighted by molar-refractivity contribution is 0.0589. The van der Waals surface area contributed by atoms with E-state index in [0.29, 0.717) is 19.8 Å². The molecule has 0 heterocycles. The number of benzene rings is 2. The molecule has 6 nitrogen and oxygen atoms in total. The van der Waals surface area contributed by atoms with Crippen molar-refractivity contribution in [2.24, 2.45) is 0 Å². The van der Waals surface area contributed by atoms with E-state index in [1.807, 2.05) is 81.5 Å². The third kappa shape index (κ3) is 8.27. The van der Waals surface area contributed by atoms with Crippen LogP contribution in [0.2, 0.25) is 0 Å². The highest BCUT2D eigenvalue weighted by Gasteiger charge is 2.20. The zero-order chi connectivity index (χ0) is 22.0. The van der Waals surface area contributed by atoms with Gasteiger partial charge in [0.2, 0.25) is 0 Å². The molecular formula is C24H31NO5. The predicted molar refractivity (Wildman–Crippen MR) is 120 cm³/mol. The van der Waals surface area contributed by atoms with Crippen LogP contribution in [0.5, 0.6) is 5.75 Å². The molecule has 162 valence electrons. The lowest BCUT2D eigenvalue weighted by Crippen LogP contribution is -2.34. The number of carbonyl (C=O) groups excluding carboxylic acids is 1. The second kappa shape index (κ2) is 11.4. The van der Waals surface area contributed by atoms with E-state index in [-0.39, 0.29) is 12.7 Å². The van der Waals surface area contributed by atoms with E-state index in [1.54, 1.807) is 7.05 Å². The van der Waals surface area contributed by atoms with Gasteiger partial charge in [-0.2, -0.15) is 0 Å². The maximum Gasteiger partial charge on any atom is 0.414 e. The molecule has 2 rings (SSSR count). The molecule has 0 unspecified atom stereocenters. The smallest absolute Gasteiger partial charge is 0.414 e. The van der Waals surface area contributed by atoms with Crippen molar-refractivity contribution >= 4 is 23.9 Å². The zero-order valence-electron chi connectivity index (χ0n) is 18.1. The number of ether oxygens (including phenoxy) is 3. The fourth-order valence-corrected chi connectivity index (χ4v) is 2.50. The van der Waals surface area contributed by atoms with Gasteiger partial charge in [-0.1, -0.05) is 36.4 Å². The highest BCUT2D eigenvalue weighted by Crippen LogP contribution is 2.19. The highest BCUT2D eigenvalue weighted by molar-refractivity contribution is 5.87. The van der Waals surface area contributed by atoms with Crippen LogP contribution in [-0.4, -0.2) is 50.3 Å². The monoisotopic (exact) mass is 413 g/mol. The van der Waals surface area contributed by atoms with Gasteiger partial charge in [0, 0.05) is 12.7 Å². The Bertz CT molecular complexity index is 807. The van der Waals surface area contributed by atoms with Gasteiger partial charge in [0.15, 0.2) is 0 Å². The number of hydrogen-bond donors (Lipinski definition) is 1. The molecule has 0 saturated heterocycles. The number of carbonyl (C=O) groups is 1. The van der Waals surface area contributed by atoms with E-state index >= 15 is 0 Å². The number of rotatable bonds is 9. The molecule has 1 N–H and O–H groups in total. The van der Waals surface area contributed by atoms with Crippen LogP contribution in [0.3, 0.4) is 0 Å². The third-order valence-electron chi connectivity index (χ3n) is 4.03. The second-order valence-corrected chi connectivity index (χ2v) is 7.72. The lowest BCUT2D eigenvalue weighted by Gasteiger charge is -2.24. The number of hydrogen-bond acceptors (Lipinski definition) is 5. The predicted octanol–water partition coefficient (Wildman–Crippen LogP) is 4.62. The zero-order valence-corrected chi connectivity index (χ0v) is 18.1. The molecule has 0 aliphatic heterocycles. The van der Waals surface area contributed by atoms with Crippen molar-refractivity contribution in [3.63, 3.8) is 0 Å². The molecule has 0 aliphatic rings. The molecule has 2 aromatic rings. The summed E-state index contributed by atoms with van der Waals surface area (Å²) in [5.74, 6) is 0.772. The van der Waals surface area contributed by atoms with Crippen LogP contribution in [0.15, 0.2) is 48.5 Å². The Hall–Kier alpha value is -2.83. The average Bonchev–Trinajstić information content (AvgIpc) is 2.71. The summed E-state index contributed by atoms with van der Waals surface area (Å²) < 4.78 is 16.1. The summed E-state index contributed by atoms with van der Waals surface area (Å²) in [6.07, 6.45) is 3.64. The van der Waals surface area contributed by atoms with Gasteiger partial charge in [-0.15, -0.1) is 0 Å². The Labute approximate surface area is 178 Å². The van der Waals surface area contributed by atoms with E-state index in [9.17, 15) is 4.79 Å². The first kappa shape index (κ1) is 23.4. The molecule has 0 spiro atoms. The summed E-state index contributed by atoms with van der Waals surface area (Å²) in [4.78, 5) is 13.6. The Balaban J connectivity index is 1.88. The number of aliphatic hydroxyl groups is 1. The standard InChI is InChI=1S/C24H31NO5/c1-24(2,3)30-23(27)25(4)21-11-7-19(8-12-21)5-6-20-9-13-22(14-10-20)29-18-17-28-16-15-26/h5-14,26H,15-18H2,1-4H3. The van der Waals surface area contributed by atoms with Crippen LogP contribution in [0, 0.1) is 0 Å². The molecule has 0 radical (unpaired) electrons. The average molecular weight is 414 g/mol. The molecule has 0 aliphatic carbocycles. The molecule has 30 heavy (non-hydrogen) atoms. The second-order valence-electron chi connectivity index (χ2n) is 7.72. The SMILES string of the molecule is CN(C(=O)OC(C)(C)C)c1ccc(C=Cc2ccc(OCCOCCO)cc2)cc1. The van der Waals surface area contributed by atoms with Gasteiger partial charge in [-0.3, -0.25) is 4.90 Å². The Morgan fingerprint density at radius 2 is 1.50 bits per heavy atom. The van der Waals surface area contributed by atoms with Gasteiger partial charge in [-0.25, -0.2) is 4.79 Å². The topological polar surface area (TPSA) is 68.2 Å². The molecule has 0 fully saturated rings. The largest absolute Gasteiger partial charge is 0.491 e. The summed E-state index contributed by atoms with van der Waals surface area (Å²) in [7, 11) is 1.70. The van der Waals surface area contributed by atoms with Crippen LogP contribution < -0.4 is 9.64 Å². The van der Waals surface area contributed by atoms with Crippen LogP contribution in [-0.2, 0) is 9.47 Å². The molecule has 0 aromatic heterocycles. The summed E-state index contributed by atoms with van der Waals surface area (Å²) >= 11 is 0. The summed E-state index contributed by atoms with van der Waals surface area (Å²) in [6.45, 7) is 6.77. The van der Waals surface area contributed by atoms with Gasteiger partial charge in [-0.05, 0) is 56.2 Å². The first-order chi connectivity index (χ1) is 14.3. The number of aliphatic hydroxyl groups excluding tert-OH is 1. The quantitative estimate of drug-likeness (QED) is 0.480. The minimum absolute atomic E-state index is 0.0181. The van der Waals surface area contributed by atoms with Crippen molar-refractivity contribution in [3.05, 3.63) is 59.7 Å². The maximum absolute atomic E-state index is 12.2. The van der Waals surface area contributed by atoms with Gasteiger partial charge >= 0.3 is 6.09 Å². The Morgan fingerprint density at radius 3 is 2.03 bits per heavy atom. The van der Waals surface area contributed by atoms with E-state index < -0.39 is 5.60 Å². The van der Waals surface area contributed by atoms with Gasteiger partial charge < -0.3 is 19.3 Å². The number of anilines is 1. The first-order valence-electron chi connectivity index (χ1n) is 9.95. The third-order valence-corrected chi connectivity index (χ3v) is 4.03. The molecule has 6 heteroatoms. The van der Waals surface area contributed by atoms with Gasteiger partial charge in [0.05, 0.1) is 19.8 Å². The molecule has 2 aromatic carbocycles. The minimum Gasteiger partial charge on any atom is -0.491 e. The first-order valence-corrected chi connectivity index (χ1v) is 9.95. The fraction of sp³-hybridized carbons (Fsp3) is 0.375. The van der Waals surface area contributed by atoms with Crippen molar-refractivity contribution in [1.29, 1.82) is 0 Å². The van der Waals surface area contributed by atoms with Crippen LogP contribution in [0.4, 0.5) is 10.5 Å². The fourth-order valence-electron chi connectivity index (χ4n) is 2.50. The summed E-state index contributed by atoms with van der Waals surface area (Å²) in [6, 6.07) is 15.5. The van der Waals surface area contributed by atoms with E-state index in [4.69, 9.17) is 19.3 Å². The van der Waals surface area contributed by atoms with Crippen molar-refractivity contribution in [3.8, 4) is 5.75 Å². The van der Waals surface area contributed by atoms with Crippen LogP contribution in [0.25, 0.3) is 12.2 Å². The van der Waals surface area contributed by atoms with Gasteiger partial charge in [0.25, 0.3) is 0 Å². The van der Waals surface area contributed by atoms with Crippen molar-refractivity contribution in [2.75, 3.05) is 38.4 Å². The normalized spacial score (nSPS) is 11.5. The van der Waals surface area contributed by atoms with Crippen LogP contribution >= 0.6 is 0 Å². The Morgan fingerprint density at radius 1 is 0.933 bits per heavy atom. The molecule has 0 bridgehead atoms. The minimum atomic E-state index is -0.525. The van der Waals surface area contributed by atoms with E-state index in [2.05, 4.69) is 0 Å². The summed E-state index contributed by atoms with van der Waals surface area (Å²) in [5.41, 5.74) is 2.32. The molecule has 1 amide bonds. The van der Waals surface area contributed by atoms with Crippen LogP contribution in [0.1, 0.15) is 31.9 Å². The molecule has 0 atom stereocenters. The molecular weight excluding hydrogens is 382 g/mol. The number of nitrogens with zero attached hydrogens (tertiary/aromatic N) is 1. The Kier molecular flexibility index (Phi) is 8.89. The maximum atomic E-state index is 12.2. The van der Waals surface area contributed by atoms with Crippen molar-refractivity contribution in [1.82, 2.24) is 0 Å². The highest BCUT2D eigenvalue weighted by atomic mass is 16.6. The number of amides is 1. The van der Waals surface area contributed by atoms with E-state index in [0.717, 1.165) is 22.6 Å². The van der Waals surface area contributed by atoms with Crippen molar-refractivity contribution in [2.45, 2.75) is 26.4 Å². The van der Waals surface area contributed by atoms with Gasteiger partial charge in [0.1, 0.15) is 18.0 Å².